The quantitative estimate of drug-likeness (QED) is 0.609. The Labute approximate surface area is 110 Å². The first-order chi connectivity index (χ1) is 9.25. The third-order valence-electron chi connectivity index (χ3n) is 3.05. The molecule has 0 radical (unpaired) electrons. The summed E-state index contributed by atoms with van der Waals surface area (Å²) >= 11 is 0. The van der Waals surface area contributed by atoms with Crippen molar-refractivity contribution < 1.29 is 4.92 Å². The predicted octanol–water partition coefficient (Wildman–Crippen LogP) is 3.27. The van der Waals surface area contributed by atoms with Gasteiger partial charge in [-0.25, -0.2) is 4.99 Å². The van der Waals surface area contributed by atoms with E-state index in [1.165, 1.54) is 6.07 Å². The number of aliphatic imine (C=N–C) groups is 1. The summed E-state index contributed by atoms with van der Waals surface area (Å²) in [5, 5.41) is 10.9. The predicted molar refractivity (Wildman–Crippen MR) is 73.9 cm³/mol. The van der Waals surface area contributed by atoms with Crippen molar-refractivity contribution in [1.82, 2.24) is 0 Å². The lowest BCUT2D eigenvalue weighted by Gasteiger charge is -2.24. The molecule has 3 rings (SSSR count). The molecule has 0 bridgehead atoms. The number of hydrogen-bond donors (Lipinski definition) is 0. The Morgan fingerprint density at radius 2 is 1.89 bits per heavy atom. The van der Waals surface area contributed by atoms with E-state index in [4.69, 9.17) is 0 Å². The summed E-state index contributed by atoms with van der Waals surface area (Å²) in [5.41, 5.74) is 2.39. The number of benzene rings is 2. The molecule has 94 valence electrons. The van der Waals surface area contributed by atoms with Crippen molar-refractivity contribution >= 4 is 23.4 Å². The van der Waals surface area contributed by atoms with Crippen LogP contribution in [-0.2, 0) is 6.54 Å². The van der Waals surface area contributed by atoms with Crippen molar-refractivity contribution in [3.63, 3.8) is 0 Å². The molecule has 0 aromatic heterocycles. The molecule has 0 spiro atoms. The van der Waals surface area contributed by atoms with Crippen LogP contribution in [0.1, 0.15) is 5.56 Å². The second kappa shape index (κ2) is 4.53. The van der Waals surface area contributed by atoms with Crippen LogP contribution >= 0.6 is 0 Å². The Morgan fingerprint density at radius 1 is 1.11 bits per heavy atom. The van der Waals surface area contributed by atoms with Crippen LogP contribution in [0.4, 0.5) is 17.1 Å². The fourth-order valence-electron chi connectivity index (χ4n) is 2.13. The van der Waals surface area contributed by atoms with Crippen LogP contribution < -0.4 is 4.90 Å². The summed E-state index contributed by atoms with van der Waals surface area (Å²) in [4.78, 5) is 16.7. The van der Waals surface area contributed by atoms with Crippen LogP contribution in [-0.4, -0.2) is 11.3 Å². The number of fused-ring (bicyclic) bond motifs is 1. The monoisotopic (exact) mass is 253 g/mol. The van der Waals surface area contributed by atoms with E-state index in [2.05, 4.69) is 4.99 Å². The van der Waals surface area contributed by atoms with Crippen LogP contribution in [0.25, 0.3) is 0 Å². The minimum Gasteiger partial charge on any atom is -0.328 e. The molecule has 0 saturated heterocycles. The number of rotatable bonds is 2. The van der Waals surface area contributed by atoms with E-state index < -0.39 is 4.92 Å². The maximum absolute atomic E-state index is 10.9. The second-order valence-electron chi connectivity index (χ2n) is 4.25. The number of hydrogen-bond acceptors (Lipinski definition) is 4. The Morgan fingerprint density at radius 3 is 2.63 bits per heavy atom. The van der Waals surface area contributed by atoms with Gasteiger partial charge in [0.05, 0.1) is 17.8 Å². The van der Waals surface area contributed by atoms with Crippen molar-refractivity contribution in [3.8, 4) is 0 Å². The second-order valence-corrected chi connectivity index (χ2v) is 4.25. The Bertz CT molecular complexity index is 653. The van der Waals surface area contributed by atoms with E-state index in [1.54, 1.807) is 12.4 Å². The SMILES string of the molecule is O=[N+]([O-])c1cccc2c1N=CN(c1ccccc1)C2. The average molecular weight is 253 g/mol. The van der Waals surface area contributed by atoms with Crippen molar-refractivity contribution in [3.05, 3.63) is 64.2 Å². The van der Waals surface area contributed by atoms with Crippen LogP contribution in [0.15, 0.2) is 53.5 Å². The topological polar surface area (TPSA) is 58.7 Å². The molecular formula is C14H11N3O2. The molecule has 0 N–H and O–H groups in total. The molecule has 5 nitrogen and oxygen atoms in total. The fourth-order valence-corrected chi connectivity index (χ4v) is 2.13. The number of nitro benzene ring substituents is 1. The molecular weight excluding hydrogens is 242 g/mol. The first-order valence-electron chi connectivity index (χ1n) is 5.88. The van der Waals surface area contributed by atoms with E-state index in [9.17, 15) is 10.1 Å². The molecule has 2 aromatic rings. The van der Waals surface area contributed by atoms with Gasteiger partial charge < -0.3 is 4.90 Å². The summed E-state index contributed by atoms with van der Waals surface area (Å²) < 4.78 is 0. The molecule has 1 aliphatic heterocycles. The lowest BCUT2D eigenvalue weighted by molar-refractivity contribution is -0.384. The first kappa shape index (κ1) is 11.4. The van der Waals surface area contributed by atoms with E-state index in [1.807, 2.05) is 41.3 Å². The highest BCUT2D eigenvalue weighted by Gasteiger charge is 2.21. The third kappa shape index (κ3) is 2.06. The maximum Gasteiger partial charge on any atom is 0.295 e. The number of anilines is 1. The lowest BCUT2D eigenvalue weighted by Crippen LogP contribution is -2.23. The normalized spacial score (nSPS) is 13.2. The van der Waals surface area contributed by atoms with Gasteiger partial charge in [-0.05, 0) is 12.1 Å². The molecule has 2 aromatic carbocycles. The summed E-state index contributed by atoms with van der Waals surface area (Å²) in [6.07, 6.45) is 1.64. The minimum absolute atomic E-state index is 0.0569. The van der Waals surface area contributed by atoms with Crippen molar-refractivity contribution in [2.75, 3.05) is 4.90 Å². The van der Waals surface area contributed by atoms with Gasteiger partial charge in [-0.1, -0.05) is 30.3 Å². The lowest BCUT2D eigenvalue weighted by atomic mass is 10.1. The molecule has 0 unspecified atom stereocenters. The molecule has 1 heterocycles. The van der Waals surface area contributed by atoms with Crippen LogP contribution in [0, 0.1) is 10.1 Å². The zero-order valence-electron chi connectivity index (χ0n) is 10.1. The summed E-state index contributed by atoms with van der Waals surface area (Å²) in [6, 6.07) is 14.9. The Balaban J connectivity index is 1.99. The number of nitrogens with zero attached hydrogens (tertiary/aromatic N) is 3. The number of nitro groups is 1. The van der Waals surface area contributed by atoms with Crippen molar-refractivity contribution in [2.45, 2.75) is 6.54 Å². The van der Waals surface area contributed by atoms with E-state index in [0.29, 0.717) is 12.2 Å². The zero-order chi connectivity index (χ0) is 13.2. The van der Waals surface area contributed by atoms with Gasteiger partial charge in [0, 0.05) is 17.3 Å². The van der Waals surface area contributed by atoms with Gasteiger partial charge in [0.1, 0.15) is 5.69 Å². The molecule has 5 heteroatoms. The Hall–Kier alpha value is -2.69. The highest BCUT2D eigenvalue weighted by Crippen LogP contribution is 2.34. The fraction of sp³-hybridized carbons (Fsp3) is 0.0714. The zero-order valence-corrected chi connectivity index (χ0v) is 10.1. The van der Waals surface area contributed by atoms with E-state index in [-0.39, 0.29) is 5.69 Å². The summed E-state index contributed by atoms with van der Waals surface area (Å²) in [7, 11) is 0. The number of para-hydroxylation sites is 2. The molecule has 0 atom stereocenters. The highest BCUT2D eigenvalue weighted by atomic mass is 16.6. The molecule has 0 amide bonds. The first-order valence-corrected chi connectivity index (χ1v) is 5.88. The molecule has 0 saturated carbocycles. The smallest absolute Gasteiger partial charge is 0.295 e. The minimum atomic E-state index is -0.394. The van der Waals surface area contributed by atoms with Crippen LogP contribution in [0.5, 0.6) is 0 Å². The van der Waals surface area contributed by atoms with Gasteiger partial charge in [-0.3, -0.25) is 10.1 Å². The summed E-state index contributed by atoms with van der Waals surface area (Å²) in [6.45, 7) is 0.588. The highest BCUT2D eigenvalue weighted by molar-refractivity contribution is 5.86. The van der Waals surface area contributed by atoms with Crippen molar-refractivity contribution in [1.29, 1.82) is 0 Å². The third-order valence-corrected chi connectivity index (χ3v) is 3.05. The van der Waals surface area contributed by atoms with E-state index >= 15 is 0 Å². The van der Waals surface area contributed by atoms with Gasteiger partial charge in [0.2, 0.25) is 0 Å². The average Bonchev–Trinajstić information content (AvgIpc) is 2.47. The standard InChI is InChI=1S/C14H11N3O2/c18-17(19)13-8-4-5-11-9-16(10-15-14(11)13)12-6-2-1-3-7-12/h1-8,10H,9H2. The van der Waals surface area contributed by atoms with Crippen LogP contribution in [0.2, 0.25) is 0 Å². The van der Waals surface area contributed by atoms with Crippen molar-refractivity contribution in [2.24, 2.45) is 4.99 Å². The van der Waals surface area contributed by atoms with Gasteiger partial charge >= 0.3 is 0 Å². The summed E-state index contributed by atoms with van der Waals surface area (Å²) in [5.74, 6) is 0. The van der Waals surface area contributed by atoms with Gasteiger partial charge in [0.15, 0.2) is 0 Å². The van der Waals surface area contributed by atoms with Gasteiger partial charge in [0.25, 0.3) is 5.69 Å². The molecule has 0 aliphatic carbocycles. The van der Waals surface area contributed by atoms with E-state index in [0.717, 1.165) is 11.3 Å². The molecule has 19 heavy (non-hydrogen) atoms. The molecule has 0 fully saturated rings. The molecule has 1 aliphatic rings. The maximum atomic E-state index is 10.9. The van der Waals surface area contributed by atoms with Crippen LogP contribution in [0.3, 0.4) is 0 Å². The van der Waals surface area contributed by atoms with Gasteiger partial charge in [-0.2, -0.15) is 0 Å². The van der Waals surface area contributed by atoms with Gasteiger partial charge in [-0.15, -0.1) is 0 Å². The largest absolute Gasteiger partial charge is 0.328 e. The Kier molecular flexibility index (Phi) is 2.72.